The normalized spacial score (nSPS) is 12.2. The molecule has 0 N–H and O–H groups in total. The van der Waals surface area contributed by atoms with E-state index in [2.05, 4.69) is 18.9 Å². The Morgan fingerprint density at radius 3 is 0.727 bits per heavy atom. The second-order valence-electron chi connectivity index (χ2n) is 21.3. The van der Waals surface area contributed by atoms with Crippen molar-refractivity contribution in [2.24, 2.45) is 0 Å². The molecule has 0 unspecified atom stereocenters. The molecule has 0 heterocycles. The highest BCUT2D eigenvalue weighted by Gasteiger charge is 2.51. The van der Waals surface area contributed by atoms with Crippen molar-refractivity contribution >= 4 is 15.9 Å². The summed E-state index contributed by atoms with van der Waals surface area (Å²) in [7, 11) is 0. The van der Waals surface area contributed by atoms with Crippen LogP contribution in [0.5, 0.6) is 17.2 Å². The first-order chi connectivity index (χ1) is 46.1. The van der Waals surface area contributed by atoms with E-state index in [1.54, 1.807) is 76.6 Å². The van der Waals surface area contributed by atoms with Crippen molar-refractivity contribution in [3.05, 3.63) is 266 Å². The van der Waals surface area contributed by atoms with Crippen LogP contribution in [0.15, 0.2) is 152 Å². The number of aryl methyl sites for hydroxylation is 3. The van der Waals surface area contributed by atoms with Crippen molar-refractivity contribution in [2.75, 3.05) is 0 Å². The Bertz CT molecular complexity index is 4180. The molecule has 9 rings (SSSR count). The summed E-state index contributed by atoms with van der Waals surface area (Å²) in [4.78, 5) is -4.12. The Morgan fingerprint density at radius 2 is 0.495 bits per heavy atom. The average molecular weight is 1490 g/mol. The largest absolute Gasteiger partial charge is 0.527 e. The first kappa shape index (κ1) is 77.4. The molecule has 0 saturated heterocycles. The SMILES string of the molecule is CCCc1ccc(-c2cc(F)c(C(F)(F)Oc3cc(F)c(C(F)(F)Br)c(F)c3)c(F)c2)cc1.CCCc1ccc(-c2cc(F)c(C(F)(F)Oc3cc(F)c(C(F)(F)OC(F)(F)F)c(F)c3)c(F)c2)cc1.CCCc1ccc(-c2cc(F)c(C(F)(F)Oc3cc(F)cc(F)c3)c(F)c2)cc1. The van der Waals surface area contributed by atoms with Crippen LogP contribution in [0.4, 0.5) is 110 Å². The molecule has 0 aliphatic rings. The lowest BCUT2D eigenvalue weighted by atomic mass is 10.00. The Labute approximate surface area is 554 Å². The van der Waals surface area contributed by atoms with E-state index in [1.165, 1.54) is 12.1 Å². The fourth-order valence-corrected chi connectivity index (χ4v) is 10.0. The van der Waals surface area contributed by atoms with Gasteiger partial charge in [-0.05, 0) is 122 Å². The van der Waals surface area contributed by atoms with Crippen LogP contribution in [0.1, 0.15) is 84.5 Å². The number of halogens is 26. The molecule has 0 spiro atoms. The average Bonchev–Trinajstić information content (AvgIpc) is 0.786. The van der Waals surface area contributed by atoms with Crippen molar-refractivity contribution in [2.45, 2.75) is 94.9 Å². The molecule has 30 heteroatoms. The lowest BCUT2D eigenvalue weighted by Gasteiger charge is -2.22. The minimum atomic E-state index is -6.01. The van der Waals surface area contributed by atoms with Crippen molar-refractivity contribution in [1.29, 1.82) is 0 Å². The molecule has 0 bridgehead atoms. The van der Waals surface area contributed by atoms with Crippen LogP contribution < -0.4 is 14.2 Å². The van der Waals surface area contributed by atoms with Crippen molar-refractivity contribution in [3.8, 4) is 50.6 Å². The van der Waals surface area contributed by atoms with E-state index < -0.39 is 151 Å². The first-order valence-electron chi connectivity index (χ1n) is 28.7. The molecule has 0 aliphatic heterocycles. The number of alkyl halides is 14. The summed E-state index contributed by atoms with van der Waals surface area (Å²) in [6, 6.07) is 24.8. The van der Waals surface area contributed by atoms with Gasteiger partial charge in [-0.15, -0.1) is 13.2 Å². The van der Waals surface area contributed by atoms with Crippen LogP contribution in [0.25, 0.3) is 33.4 Å². The zero-order valence-corrected chi connectivity index (χ0v) is 52.2. The lowest BCUT2D eigenvalue weighted by Crippen LogP contribution is -2.30. The fourth-order valence-electron chi connectivity index (χ4n) is 9.66. The molecule has 9 aromatic rings. The summed E-state index contributed by atoms with van der Waals surface area (Å²) in [6.07, 6.45) is -20.7. The third-order valence-corrected chi connectivity index (χ3v) is 14.3. The molecule has 9 aromatic carbocycles. The summed E-state index contributed by atoms with van der Waals surface area (Å²) in [5.74, 6) is -24.8. The van der Waals surface area contributed by atoms with Crippen molar-refractivity contribution in [1.82, 2.24) is 0 Å². The van der Waals surface area contributed by atoms with E-state index in [0.29, 0.717) is 53.6 Å². The first-order valence-corrected chi connectivity index (χ1v) is 29.5. The van der Waals surface area contributed by atoms with Gasteiger partial charge in [-0.1, -0.05) is 113 Å². The summed E-state index contributed by atoms with van der Waals surface area (Å²) < 4.78 is 360. The third-order valence-electron chi connectivity index (χ3n) is 13.9. The van der Waals surface area contributed by atoms with E-state index in [-0.39, 0.29) is 46.5 Å². The molecule has 528 valence electrons. The van der Waals surface area contributed by atoms with Gasteiger partial charge in [0.15, 0.2) is 0 Å². The minimum absolute atomic E-state index is 0.0198. The summed E-state index contributed by atoms with van der Waals surface area (Å²) in [5, 5.41) is 0. The molecular weight excluding hydrogens is 1450 g/mol. The maximum Gasteiger partial charge on any atom is 0.527 e. The van der Waals surface area contributed by atoms with Gasteiger partial charge in [0.2, 0.25) is 0 Å². The molecule has 0 aliphatic carbocycles. The Balaban J connectivity index is 0.000000210. The van der Waals surface area contributed by atoms with Crippen LogP contribution in [0, 0.1) is 69.8 Å². The highest BCUT2D eigenvalue weighted by Crippen LogP contribution is 2.45. The van der Waals surface area contributed by atoms with E-state index >= 15 is 0 Å². The van der Waals surface area contributed by atoms with Gasteiger partial charge < -0.3 is 14.2 Å². The highest BCUT2D eigenvalue weighted by atomic mass is 79.9. The molecular formula is C69H46BrF25O4. The second-order valence-corrected chi connectivity index (χ2v) is 22.3. The maximum atomic E-state index is 14.6. The highest BCUT2D eigenvalue weighted by molar-refractivity contribution is 9.09. The Hall–Kier alpha value is -8.93. The van der Waals surface area contributed by atoms with Gasteiger partial charge in [-0.3, -0.25) is 0 Å². The number of hydrogen-bond donors (Lipinski definition) is 0. The standard InChI is InChI=1S/C24H15F11O2.C23H15BrF8O.C22H16F6O/c1-2-3-12-4-6-13(7-5-12)14-8-16(25)20(17(26)9-14)22(29,30)36-15-10-18(27)21(19(28)11-15)23(31,32)37-24(33,34)35;1-2-3-12-4-6-13(7-5-12)14-8-16(25)21(17(26)9-14)23(31,32)33-15-10-18(27)20(19(28)11-15)22(24,29)30;1-2-3-13-4-6-14(7-5-13)15-8-19(25)21(20(26)9-15)22(27,28)29-18-11-16(23)10-17(24)12-18/h4-11H,2-3H2,1H3;4-11H,2-3H2,1H3;4-12H,2-3H2,1H3. The molecule has 0 aromatic heterocycles. The van der Waals surface area contributed by atoms with Crippen LogP contribution in [0.3, 0.4) is 0 Å². The van der Waals surface area contributed by atoms with Gasteiger partial charge in [0.05, 0.1) is 0 Å². The molecule has 99 heavy (non-hydrogen) atoms. The molecule has 0 saturated carbocycles. The number of benzene rings is 9. The Kier molecular flexibility index (Phi) is 24.3. The van der Waals surface area contributed by atoms with Crippen LogP contribution in [0.2, 0.25) is 0 Å². The van der Waals surface area contributed by atoms with Gasteiger partial charge in [-0.25, -0.2) is 57.4 Å². The predicted molar refractivity (Wildman–Crippen MR) is 314 cm³/mol. The molecule has 0 radical (unpaired) electrons. The zero-order chi connectivity index (χ0) is 73.5. The van der Waals surface area contributed by atoms with Crippen molar-refractivity contribution in [3.63, 3.8) is 0 Å². The molecule has 0 amide bonds. The van der Waals surface area contributed by atoms with Gasteiger partial charge in [-0.2, -0.15) is 43.9 Å². The summed E-state index contributed by atoms with van der Waals surface area (Å²) in [5.41, 5.74) is -5.70. The molecule has 0 fully saturated rings. The smallest absolute Gasteiger partial charge is 0.429 e. The van der Waals surface area contributed by atoms with Crippen LogP contribution in [-0.2, 0) is 53.3 Å². The number of hydrogen-bond acceptors (Lipinski definition) is 4. The lowest BCUT2D eigenvalue weighted by molar-refractivity contribution is -0.432. The zero-order valence-electron chi connectivity index (χ0n) is 50.6. The van der Waals surface area contributed by atoms with Gasteiger partial charge in [0.1, 0.15) is 115 Å². The topological polar surface area (TPSA) is 36.9 Å². The number of ether oxygens (including phenoxy) is 4. The van der Waals surface area contributed by atoms with Gasteiger partial charge >= 0.3 is 35.6 Å². The van der Waals surface area contributed by atoms with Crippen molar-refractivity contribution < 1.29 is 129 Å². The molecule has 0 atom stereocenters. The van der Waals surface area contributed by atoms with Gasteiger partial charge in [0.25, 0.3) is 0 Å². The monoisotopic (exact) mass is 1490 g/mol. The Morgan fingerprint density at radius 1 is 0.273 bits per heavy atom. The predicted octanol–water partition coefficient (Wildman–Crippen LogP) is 24.0. The van der Waals surface area contributed by atoms with Crippen LogP contribution >= 0.6 is 15.9 Å². The third kappa shape index (κ3) is 19.7. The minimum Gasteiger partial charge on any atom is -0.429 e. The summed E-state index contributed by atoms with van der Waals surface area (Å²) >= 11 is 1.77. The second kappa shape index (κ2) is 31.1. The quantitative estimate of drug-likeness (QED) is 0.0531. The van der Waals surface area contributed by atoms with Gasteiger partial charge in [0, 0.05) is 42.5 Å². The van der Waals surface area contributed by atoms with Crippen LogP contribution in [-0.4, -0.2) is 6.36 Å². The summed E-state index contributed by atoms with van der Waals surface area (Å²) in [6.45, 7) is 5.93. The van der Waals surface area contributed by atoms with E-state index in [9.17, 15) is 110 Å². The molecule has 4 nitrogen and oxygen atoms in total. The van der Waals surface area contributed by atoms with E-state index in [4.69, 9.17) is 0 Å². The number of rotatable bonds is 21. The fraction of sp³-hybridized carbons (Fsp3) is 0.217. The van der Waals surface area contributed by atoms with E-state index in [0.717, 1.165) is 67.3 Å². The maximum absolute atomic E-state index is 14.6. The van der Waals surface area contributed by atoms with E-state index in [1.807, 2.05) is 20.8 Å².